The molecule has 0 saturated heterocycles. The minimum absolute atomic E-state index is 0.207. The summed E-state index contributed by atoms with van der Waals surface area (Å²) in [6.07, 6.45) is 5.51. The third-order valence-electron chi connectivity index (χ3n) is 3.81. The maximum Gasteiger partial charge on any atom is 0.326 e. The first-order valence-electron chi connectivity index (χ1n) is 5.06. The first kappa shape index (κ1) is 9.00. The molecule has 2 aliphatic rings. The van der Waals surface area contributed by atoms with Gasteiger partial charge in [0.05, 0.1) is 7.11 Å². The van der Waals surface area contributed by atoms with Crippen molar-refractivity contribution in [2.24, 2.45) is 17.6 Å². The van der Waals surface area contributed by atoms with E-state index in [0.717, 1.165) is 19.3 Å². The Hall–Kier alpha value is -0.570. The average molecular weight is 183 g/mol. The van der Waals surface area contributed by atoms with Gasteiger partial charge >= 0.3 is 5.97 Å². The zero-order valence-corrected chi connectivity index (χ0v) is 8.08. The van der Waals surface area contributed by atoms with Crippen LogP contribution in [0.25, 0.3) is 0 Å². The average Bonchev–Trinajstić information content (AvgIpc) is 2.69. The van der Waals surface area contributed by atoms with Gasteiger partial charge in [0.2, 0.25) is 0 Å². The third kappa shape index (κ3) is 1.17. The van der Waals surface area contributed by atoms with E-state index in [2.05, 4.69) is 0 Å². The van der Waals surface area contributed by atoms with Crippen LogP contribution in [0.4, 0.5) is 0 Å². The lowest BCUT2D eigenvalue weighted by Crippen LogP contribution is -2.51. The topological polar surface area (TPSA) is 52.3 Å². The normalized spacial score (nSPS) is 43.2. The van der Waals surface area contributed by atoms with Crippen LogP contribution in [0.2, 0.25) is 0 Å². The summed E-state index contributed by atoms with van der Waals surface area (Å²) in [4.78, 5) is 11.5. The number of carbonyl (C=O) groups excluding carboxylic acids is 1. The maximum atomic E-state index is 11.5. The van der Waals surface area contributed by atoms with Crippen molar-refractivity contribution in [1.82, 2.24) is 0 Å². The molecule has 2 N–H and O–H groups in total. The van der Waals surface area contributed by atoms with Crippen LogP contribution in [0.1, 0.15) is 32.1 Å². The Bertz CT molecular complexity index is 229. The lowest BCUT2D eigenvalue weighted by molar-refractivity contribution is -0.148. The molecular formula is C10H17NO2. The highest BCUT2D eigenvalue weighted by Crippen LogP contribution is 2.48. The second-order valence-electron chi connectivity index (χ2n) is 4.37. The van der Waals surface area contributed by atoms with Gasteiger partial charge in [-0.1, -0.05) is 12.8 Å². The van der Waals surface area contributed by atoms with E-state index >= 15 is 0 Å². The molecule has 0 radical (unpaired) electrons. The molecule has 2 rings (SSSR count). The quantitative estimate of drug-likeness (QED) is 0.618. The van der Waals surface area contributed by atoms with Gasteiger partial charge in [-0.15, -0.1) is 0 Å². The van der Waals surface area contributed by atoms with Crippen molar-refractivity contribution in [2.45, 2.75) is 37.6 Å². The summed E-state index contributed by atoms with van der Waals surface area (Å²) in [6, 6.07) is 0. The van der Waals surface area contributed by atoms with Crippen molar-refractivity contribution >= 4 is 5.97 Å². The molecule has 13 heavy (non-hydrogen) atoms. The summed E-state index contributed by atoms with van der Waals surface area (Å²) >= 11 is 0. The molecule has 2 unspecified atom stereocenters. The van der Waals surface area contributed by atoms with Crippen molar-refractivity contribution in [3.8, 4) is 0 Å². The molecule has 0 aromatic rings. The van der Waals surface area contributed by atoms with E-state index < -0.39 is 5.54 Å². The van der Waals surface area contributed by atoms with Crippen LogP contribution < -0.4 is 5.73 Å². The number of rotatable bonds is 1. The molecular weight excluding hydrogens is 166 g/mol. The molecule has 3 heteroatoms. The molecule has 0 heterocycles. The van der Waals surface area contributed by atoms with E-state index in [0.29, 0.717) is 11.8 Å². The van der Waals surface area contributed by atoms with E-state index in [1.807, 2.05) is 0 Å². The van der Waals surface area contributed by atoms with Gasteiger partial charge in [0, 0.05) is 0 Å². The highest BCUT2D eigenvalue weighted by molar-refractivity contribution is 5.81. The van der Waals surface area contributed by atoms with Crippen molar-refractivity contribution in [1.29, 1.82) is 0 Å². The highest BCUT2D eigenvalue weighted by Gasteiger charge is 2.52. The number of fused-ring (bicyclic) bond motifs is 1. The van der Waals surface area contributed by atoms with Crippen LogP contribution >= 0.6 is 0 Å². The predicted molar refractivity (Wildman–Crippen MR) is 49.0 cm³/mol. The smallest absolute Gasteiger partial charge is 0.326 e. The lowest BCUT2D eigenvalue weighted by atomic mass is 9.85. The molecule has 2 aliphatic carbocycles. The molecule has 0 spiro atoms. The van der Waals surface area contributed by atoms with Crippen molar-refractivity contribution in [2.75, 3.05) is 7.11 Å². The van der Waals surface area contributed by atoms with E-state index in [1.54, 1.807) is 0 Å². The highest BCUT2D eigenvalue weighted by atomic mass is 16.5. The van der Waals surface area contributed by atoms with Crippen LogP contribution in [0, 0.1) is 11.8 Å². The number of methoxy groups -OCH3 is 1. The molecule has 0 amide bonds. The lowest BCUT2D eigenvalue weighted by Gasteiger charge is -2.27. The number of ether oxygens (including phenoxy) is 1. The monoisotopic (exact) mass is 183 g/mol. The number of carbonyl (C=O) groups is 1. The SMILES string of the molecule is COC(=O)C1(N)CCC2CCC[C@@H]21. The molecule has 0 aliphatic heterocycles. The summed E-state index contributed by atoms with van der Waals surface area (Å²) in [5.74, 6) is 0.867. The Balaban J connectivity index is 2.18. The first-order valence-corrected chi connectivity index (χ1v) is 5.06. The van der Waals surface area contributed by atoms with Gasteiger partial charge in [-0.25, -0.2) is 0 Å². The standard InChI is InChI=1S/C10H17NO2/c1-13-9(12)10(11)6-5-7-3-2-4-8(7)10/h7-8H,2-6,11H2,1H3/t7?,8-,10?/m0/s1. The number of nitrogens with two attached hydrogens (primary N) is 1. The molecule has 0 aromatic carbocycles. The Kier molecular flexibility index (Phi) is 2.06. The molecule has 74 valence electrons. The van der Waals surface area contributed by atoms with Gasteiger partial charge in [-0.2, -0.15) is 0 Å². The fourth-order valence-electron chi connectivity index (χ4n) is 3.11. The summed E-state index contributed by atoms with van der Waals surface area (Å²) in [7, 11) is 1.43. The Morgan fingerprint density at radius 1 is 1.46 bits per heavy atom. The minimum atomic E-state index is -0.657. The summed E-state index contributed by atoms with van der Waals surface area (Å²) in [5.41, 5.74) is 5.47. The Morgan fingerprint density at radius 2 is 2.23 bits per heavy atom. The second-order valence-corrected chi connectivity index (χ2v) is 4.37. The van der Waals surface area contributed by atoms with Crippen LogP contribution in [0.3, 0.4) is 0 Å². The Labute approximate surface area is 78.6 Å². The number of hydrogen-bond acceptors (Lipinski definition) is 3. The summed E-state index contributed by atoms with van der Waals surface area (Å²) in [6.45, 7) is 0. The third-order valence-corrected chi connectivity index (χ3v) is 3.81. The molecule has 3 nitrogen and oxygen atoms in total. The first-order chi connectivity index (χ1) is 6.18. The van der Waals surface area contributed by atoms with E-state index in [9.17, 15) is 4.79 Å². The number of esters is 1. The second kappa shape index (κ2) is 2.98. The van der Waals surface area contributed by atoms with Gasteiger partial charge < -0.3 is 10.5 Å². The largest absolute Gasteiger partial charge is 0.468 e. The van der Waals surface area contributed by atoms with E-state index in [-0.39, 0.29) is 5.97 Å². The zero-order chi connectivity index (χ0) is 9.47. The summed E-state index contributed by atoms with van der Waals surface area (Å²) in [5, 5.41) is 0. The van der Waals surface area contributed by atoms with E-state index in [4.69, 9.17) is 10.5 Å². The van der Waals surface area contributed by atoms with Crippen LogP contribution in [-0.4, -0.2) is 18.6 Å². The molecule has 3 atom stereocenters. The van der Waals surface area contributed by atoms with Crippen molar-refractivity contribution < 1.29 is 9.53 Å². The van der Waals surface area contributed by atoms with Crippen LogP contribution in [0.5, 0.6) is 0 Å². The van der Waals surface area contributed by atoms with Gasteiger partial charge in [-0.3, -0.25) is 4.79 Å². The van der Waals surface area contributed by atoms with Gasteiger partial charge in [-0.05, 0) is 31.1 Å². The van der Waals surface area contributed by atoms with Crippen molar-refractivity contribution in [3.63, 3.8) is 0 Å². The maximum absolute atomic E-state index is 11.5. The van der Waals surface area contributed by atoms with Gasteiger partial charge in [0.15, 0.2) is 0 Å². The minimum Gasteiger partial charge on any atom is -0.468 e. The van der Waals surface area contributed by atoms with Gasteiger partial charge in [0.1, 0.15) is 5.54 Å². The predicted octanol–water partition coefficient (Wildman–Crippen LogP) is 1.07. The zero-order valence-electron chi connectivity index (χ0n) is 8.08. The van der Waals surface area contributed by atoms with E-state index in [1.165, 1.54) is 20.0 Å². The van der Waals surface area contributed by atoms with Crippen LogP contribution in [0.15, 0.2) is 0 Å². The number of hydrogen-bond donors (Lipinski definition) is 1. The summed E-state index contributed by atoms with van der Waals surface area (Å²) < 4.78 is 4.78. The molecule has 0 aromatic heterocycles. The van der Waals surface area contributed by atoms with Gasteiger partial charge in [0.25, 0.3) is 0 Å². The van der Waals surface area contributed by atoms with Crippen LogP contribution in [-0.2, 0) is 9.53 Å². The molecule has 2 saturated carbocycles. The fraction of sp³-hybridized carbons (Fsp3) is 0.900. The Morgan fingerprint density at radius 3 is 2.92 bits per heavy atom. The molecule has 0 bridgehead atoms. The van der Waals surface area contributed by atoms with Crippen molar-refractivity contribution in [3.05, 3.63) is 0 Å². The molecule has 2 fully saturated rings. The fourth-order valence-corrected chi connectivity index (χ4v) is 3.11.